The van der Waals surface area contributed by atoms with Crippen LogP contribution in [0.4, 0.5) is 11.8 Å². The Hall–Kier alpha value is -2.19. The van der Waals surface area contributed by atoms with E-state index in [4.69, 9.17) is 16.2 Å². The topological polar surface area (TPSA) is 99.9 Å². The molecule has 0 saturated heterocycles. The Morgan fingerprint density at radius 1 is 1.12 bits per heavy atom. The molecule has 0 aliphatic rings. The number of nitrogens with two attached hydrogens (primary N) is 2. The lowest BCUT2D eigenvalue weighted by Gasteiger charge is -2.11. The summed E-state index contributed by atoms with van der Waals surface area (Å²) >= 11 is 5.00. The van der Waals surface area contributed by atoms with Crippen LogP contribution in [0.15, 0.2) is 34.1 Å². The molecular weight excluding hydrogens is 390 g/mol. The van der Waals surface area contributed by atoms with E-state index in [2.05, 4.69) is 30.9 Å². The van der Waals surface area contributed by atoms with Crippen LogP contribution in [0.3, 0.4) is 0 Å². The summed E-state index contributed by atoms with van der Waals surface area (Å²) in [5.74, 6) is 0.885. The number of benzene rings is 1. The lowest BCUT2D eigenvalue weighted by molar-refractivity contribution is 0.298. The summed E-state index contributed by atoms with van der Waals surface area (Å²) in [5, 5.41) is 2.91. The van der Waals surface area contributed by atoms with Crippen molar-refractivity contribution < 1.29 is 4.74 Å². The first kappa shape index (κ1) is 16.7. The van der Waals surface area contributed by atoms with Gasteiger partial charge in [-0.05, 0) is 18.6 Å². The number of nitrogen functional groups attached to an aromatic ring is 2. The van der Waals surface area contributed by atoms with Crippen molar-refractivity contribution in [3.05, 3.63) is 45.5 Å². The van der Waals surface area contributed by atoms with Crippen LogP contribution < -0.4 is 16.2 Å². The molecule has 3 aromatic rings. The summed E-state index contributed by atoms with van der Waals surface area (Å²) in [4.78, 5) is 12.7. The van der Waals surface area contributed by atoms with E-state index in [0.29, 0.717) is 24.5 Å². The average Bonchev–Trinajstić information content (AvgIpc) is 3.03. The smallest absolute Gasteiger partial charge is 0.222 e. The third kappa shape index (κ3) is 3.65. The Morgan fingerprint density at radius 3 is 2.58 bits per heavy atom. The zero-order valence-electron chi connectivity index (χ0n) is 13.0. The second-order valence-electron chi connectivity index (χ2n) is 5.04. The van der Waals surface area contributed by atoms with Gasteiger partial charge in [0.25, 0.3) is 0 Å². The van der Waals surface area contributed by atoms with Crippen LogP contribution in [0.1, 0.15) is 18.3 Å². The first-order chi connectivity index (χ1) is 11.6. The monoisotopic (exact) mass is 405 g/mol. The van der Waals surface area contributed by atoms with Gasteiger partial charge in [-0.2, -0.15) is 4.98 Å². The van der Waals surface area contributed by atoms with E-state index in [-0.39, 0.29) is 11.8 Å². The highest BCUT2D eigenvalue weighted by Gasteiger charge is 2.13. The number of rotatable bonds is 5. The van der Waals surface area contributed by atoms with Gasteiger partial charge in [0.1, 0.15) is 11.6 Å². The van der Waals surface area contributed by atoms with E-state index in [1.54, 1.807) is 11.3 Å². The molecule has 24 heavy (non-hydrogen) atoms. The summed E-state index contributed by atoms with van der Waals surface area (Å²) in [6.45, 7) is 2.26. The van der Waals surface area contributed by atoms with Gasteiger partial charge in [-0.1, -0.05) is 35.0 Å². The maximum absolute atomic E-state index is 5.89. The van der Waals surface area contributed by atoms with E-state index in [0.717, 1.165) is 20.7 Å². The third-order valence-electron chi connectivity index (χ3n) is 3.32. The van der Waals surface area contributed by atoms with Gasteiger partial charge < -0.3 is 16.2 Å². The van der Waals surface area contributed by atoms with Gasteiger partial charge in [-0.3, -0.25) is 0 Å². The Morgan fingerprint density at radius 2 is 1.88 bits per heavy atom. The largest absolute Gasteiger partial charge is 0.481 e. The van der Waals surface area contributed by atoms with Gasteiger partial charge >= 0.3 is 0 Å². The van der Waals surface area contributed by atoms with Crippen LogP contribution in [0, 0.1) is 0 Å². The molecule has 0 bridgehead atoms. The van der Waals surface area contributed by atoms with Crippen molar-refractivity contribution >= 4 is 39.0 Å². The van der Waals surface area contributed by atoms with E-state index >= 15 is 0 Å². The number of aromatic nitrogens is 3. The van der Waals surface area contributed by atoms with Crippen LogP contribution in [0.5, 0.6) is 5.75 Å². The molecule has 0 amide bonds. The normalized spacial score (nSPS) is 10.8. The number of halogens is 1. The minimum Gasteiger partial charge on any atom is -0.481 e. The van der Waals surface area contributed by atoms with Crippen molar-refractivity contribution in [1.29, 1.82) is 0 Å². The molecule has 0 aliphatic carbocycles. The van der Waals surface area contributed by atoms with E-state index in [1.807, 2.05) is 36.6 Å². The van der Waals surface area contributed by atoms with Crippen molar-refractivity contribution in [2.24, 2.45) is 0 Å². The quantitative estimate of drug-likeness (QED) is 0.671. The predicted molar refractivity (Wildman–Crippen MR) is 99.8 cm³/mol. The lowest BCUT2D eigenvalue weighted by atomic mass is 10.2. The molecule has 0 atom stereocenters. The van der Waals surface area contributed by atoms with Gasteiger partial charge in [-0.15, -0.1) is 11.3 Å². The highest BCUT2D eigenvalue weighted by atomic mass is 79.9. The second kappa shape index (κ2) is 7.14. The Kier molecular flexibility index (Phi) is 4.96. The minimum absolute atomic E-state index is 0.155. The molecule has 4 N–H and O–H groups in total. The Bertz CT molecular complexity index is 850. The molecular formula is C16H16BrN5OS. The number of thiazole rings is 1. The van der Waals surface area contributed by atoms with Crippen LogP contribution in [0.2, 0.25) is 0 Å². The van der Waals surface area contributed by atoms with Gasteiger partial charge in [0.2, 0.25) is 5.95 Å². The molecule has 8 heteroatoms. The molecule has 2 aromatic heterocycles. The number of hydrogen-bond acceptors (Lipinski definition) is 7. The second-order valence-corrected chi connectivity index (χ2v) is 6.81. The van der Waals surface area contributed by atoms with E-state index < -0.39 is 0 Å². The fraction of sp³-hybridized carbons (Fsp3) is 0.188. The molecule has 0 radical (unpaired) electrons. The number of ether oxygens (including phenoxy) is 1. The van der Waals surface area contributed by atoms with Crippen molar-refractivity contribution in [3.63, 3.8) is 0 Å². The van der Waals surface area contributed by atoms with Crippen LogP contribution in [0.25, 0.3) is 10.6 Å². The van der Waals surface area contributed by atoms with E-state index in [9.17, 15) is 0 Å². The van der Waals surface area contributed by atoms with Crippen LogP contribution in [-0.4, -0.2) is 15.0 Å². The minimum atomic E-state index is 0.155. The maximum atomic E-state index is 5.89. The number of nitrogens with zero attached hydrogens (tertiary/aromatic N) is 3. The molecule has 2 heterocycles. The Balaban J connectivity index is 1.75. The number of anilines is 2. The summed E-state index contributed by atoms with van der Waals surface area (Å²) in [7, 11) is 0. The summed E-state index contributed by atoms with van der Waals surface area (Å²) in [5.41, 5.74) is 14.1. The van der Waals surface area contributed by atoms with Crippen molar-refractivity contribution in [2.75, 3.05) is 11.5 Å². The molecule has 6 nitrogen and oxygen atoms in total. The fourth-order valence-corrected chi connectivity index (χ4v) is 3.25. The molecule has 0 fully saturated rings. The van der Waals surface area contributed by atoms with Gasteiger partial charge in [-0.25, -0.2) is 9.97 Å². The Labute approximate surface area is 152 Å². The standard InChI is InChI=1S/C16H16BrN5OS/c1-2-12-13(14(18)22-16(19)21-12)23-7-11-8-24-15(20-11)9-3-5-10(17)6-4-9/h3-6,8H,2,7H2,1H3,(H4,18,19,21,22). The summed E-state index contributed by atoms with van der Waals surface area (Å²) in [6.07, 6.45) is 0.660. The highest BCUT2D eigenvalue weighted by Crippen LogP contribution is 2.28. The van der Waals surface area contributed by atoms with Crippen molar-refractivity contribution in [2.45, 2.75) is 20.0 Å². The molecule has 0 unspecified atom stereocenters. The lowest BCUT2D eigenvalue weighted by Crippen LogP contribution is -2.08. The number of aryl methyl sites for hydroxylation is 1. The highest BCUT2D eigenvalue weighted by molar-refractivity contribution is 9.10. The fourth-order valence-electron chi connectivity index (χ4n) is 2.18. The van der Waals surface area contributed by atoms with Gasteiger partial charge in [0.15, 0.2) is 11.6 Å². The molecule has 1 aromatic carbocycles. The molecule has 124 valence electrons. The molecule has 0 spiro atoms. The van der Waals surface area contributed by atoms with Crippen LogP contribution >= 0.6 is 27.3 Å². The van der Waals surface area contributed by atoms with Crippen LogP contribution in [-0.2, 0) is 13.0 Å². The van der Waals surface area contributed by atoms with Gasteiger partial charge in [0, 0.05) is 15.4 Å². The SMILES string of the molecule is CCc1nc(N)nc(N)c1OCc1csc(-c2ccc(Br)cc2)n1. The summed E-state index contributed by atoms with van der Waals surface area (Å²) < 4.78 is 6.84. The maximum Gasteiger partial charge on any atom is 0.222 e. The zero-order chi connectivity index (χ0) is 17.1. The zero-order valence-corrected chi connectivity index (χ0v) is 15.4. The first-order valence-corrected chi connectivity index (χ1v) is 8.99. The molecule has 0 aliphatic heterocycles. The summed E-state index contributed by atoms with van der Waals surface area (Å²) in [6, 6.07) is 8.03. The van der Waals surface area contributed by atoms with Gasteiger partial charge in [0.05, 0.1) is 11.4 Å². The predicted octanol–water partition coefficient (Wildman–Crippen LogP) is 3.67. The first-order valence-electron chi connectivity index (χ1n) is 7.31. The van der Waals surface area contributed by atoms with E-state index in [1.165, 1.54) is 0 Å². The molecule has 0 saturated carbocycles. The van der Waals surface area contributed by atoms with Crippen molar-refractivity contribution in [1.82, 2.24) is 15.0 Å². The average molecular weight is 406 g/mol. The van der Waals surface area contributed by atoms with Crippen molar-refractivity contribution in [3.8, 4) is 16.3 Å². The third-order valence-corrected chi connectivity index (χ3v) is 4.79. The number of hydrogen-bond donors (Lipinski definition) is 2. The molecule has 3 rings (SSSR count).